The van der Waals surface area contributed by atoms with Crippen molar-refractivity contribution in [2.24, 2.45) is 0 Å². The summed E-state index contributed by atoms with van der Waals surface area (Å²) in [5.41, 5.74) is 0.817. The third-order valence-electron chi connectivity index (χ3n) is 2.80. The maximum absolute atomic E-state index is 12.0. The molecule has 1 aliphatic heterocycles. The highest BCUT2D eigenvalue weighted by Crippen LogP contribution is 2.35. The van der Waals surface area contributed by atoms with E-state index in [1.807, 2.05) is 6.07 Å². The van der Waals surface area contributed by atoms with Gasteiger partial charge in [0.05, 0.1) is 16.3 Å². The van der Waals surface area contributed by atoms with Crippen molar-refractivity contribution in [1.29, 1.82) is 5.26 Å². The van der Waals surface area contributed by atoms with Gasteiger partial charge in [-0.3, -0.25) is 9.59 Å². The highest BCUT2D eigenvalue weighted by atomic mass is 35.5. The lowest BCUT2D eigenvalue weighted by Gasteiger charge is -2.19. The molecule has 1 saturated heterocycles. The number of rotatable bonds is 2. The van der Waals surface area contributed by atoms with E-state index >= 15 is 0 Å². The summed E-state index contributed by atoms with van der Waals surface area (Å²) in [5.74, 6) is -0.108. The van der Waals surface area contributed by atoms with Crippen molar-refractivity contribution < 1.29 is 9.59 Å². The fraction of sp³-hybridized carbons (Fsp3) is 0.308. The zero-order valence-electron chi connectivity index (χ0n) is 10.2. The molecule has 0 aliphatic carbocycles. The van der Waals surface area contributed by atoms with Gasteiger partial charge in [-0.25, -0.2) is 0 Å². The molecule has 0 spiro atoms. The molecular formula is C13H11ClN2O2S. The molecule has 1 aliphatic rings. The Labute approximate surface area is 120 Å². The molecule has 0 N–H and O–H groups in total. The van der Waals surface area contributed by atoms with Crippen molar-refractivity contribution in [2.75, 3.05) is 11.4 Å². The van der Waals surface area contributed by atoms with Crippen molar-refractivity contribution in [3.63, 3.8) is 0 Å². The van der Waals surface area contributed by atoms with Crippen LogP contribution in [0.2, 0.25) is 5.02 Å². The molecule has 4 nitrogen and oxygen atoms in total. The SMILES string of the molecule is CC(=O)SC1CC(=O)N(c2c(Cl)cccc2C#N)C1. The van der Waals surface area contributed by atoms with E-state index in [0.29, 0.717) is 29.2 Å². The highest BCUT2D eigenvalue weighted by Gasteiger charge is 2.34. The first-order valence-electron chi connectivity index (χ1n) is 5.69. The standard InChI is InChI=1S/C13H11ClN2O2S/c1-8(17)19-10-5-12(18)16(7-10)13-9(6-15)3-2-4-11(13)14/h2-4,10H,5,7H2,1H3. The number of nitriles is 1. The normalized spacial score (nSPS) is 18.5. The number of halogens is 1. The fourth-order valence-electron chi connectivity index (χ4n) is 2.08. The Morgan fingerprint density at radius 1 is 1.58 bits per heavy atom. The maximum atomic E-state index is 12.0. The number of nitrogens with zero attached hydrogens (tertiary/aromatic N) is 2. The molecule has 1 fully saturated rings. The van der Waals surface area contributed by atoms with Crippen LogP contribution in [0.25, 0.3) is 0 Å². The Hall–Kier alpha value is -1.51. The molecule has 0 radical (unpaired) electrons. The van der Waals surface area contributed by atoms with Crippen LogP contribution in [0, 0.1) is 11.3 Å². The molecule has 1 aromatic rings. The van der Waals surface area contributed by atoms with Gasteiger partial charge in [0.25, 0.3) is 0 Å². The first-order valence-corrected chi connectivity index (χ1v) is 6.95. The van der Waals surface area contributed by atoms with Gasteiger partial charge in [-0.15, -0.1) is 0 Å². The quantitative estimate of drug-likeness (QED) is 0.841. The van der Waals surface area contributed by atoms with Crippen LogP contribution >= 0.6 is 23.4 Å². The monoisotopic (exact) mass is 294 g/mol. The molecule has 19 heavy (non-hydrogen) atoms. The second kappa shape index (κ2) is 5.64. The molecule has 0 bridgehead atoms. The van der Waals surface area contributed by atoms with Gasteiger partial charge >= 0.3 is 0 Å². The lowest BCUT2D eigenvalue weighted by atomic mass is 10.2. The third kappa shape index (κ3) is 2.91. The Kier molecular flexibility index (Phi) is 4.13. The minimum Gasteiger partial charge on any atom is -0.309 e. The minimum absolute atomic E-state index is 0.0145. The summed E-state index contributed by atoms with van der Waals surface area (Å²) in [6.07, 6.45) is 0.292. The smallest absolute Gasteiger partial charge is 0.228 e. The molecule has 0 saturated carbocycles. The van der Waals surface area contributed by atoms with E-state index in [2.05, 4.69) is 0 Å². The summed E-state index contributed by atoms with van der Waals surface area (Å²) in [5, 5.41) is 9.38. The molecule has 6 heteroatoms. The van der Waals surface area contributed by atoms with Crippen LogP contribution in [0.3, 0.4) is 0 Å². The van der Waals surface area contributed by atoms with Crippen LogP contribution in [-0.2, 0) is 9.59 Å². The van der Waals surface area contributed by atoms with E-state index < -0.39 is 0 Å². The molecule has 2 rings (SSSR count). The molecule has 1 unspecified atom stereocenters. The van der Waals surface area contributed by atoms with Crippen LogP contribution in [0.4, 0.5) is 5.69 Å². The highest BCUT2D eigenvalue weighted by molar-refractivity contribution is 8.14. The maximum Gasteiger partial charge on any atom is 0.228 e. The third-order valence-corrected chi connectivity index (χ3v) is 4.09. The van der Waals surface area contributed by atoms with Crippen molar-refractivity contribution >= 4 is 40.1 Å². The van der Waals surface area contributed by atoms with Gasteiger partial charge in [-0.05, 0) is 12.1 Å². The van der Waals surface area contributed by atoms with E-state index in [1.54, 1.807) is 18.2 Å². The number of amides is 1. The van der Waals surface area contributed by atoms with Crippen LogP contribution < -0.4 is 4.90 Å². The predicted octanol–water partition coefficient (Wildman–Crippen LogP) is 2.60. The molecule has 1 heterocycles. The first kappa shape index (κ1) is 13.9. The first-order chi connectivity index (χ1) is 9.02. The summed E-state index contributed by atoms with van der Waals surface area (Å²) in [6, 6.07) is 6.98. The summed E-state index contributed by atoms with van der Waals surface area (Å²) in [4.78, 5) is 24.6. The average Bonchev–Trinajstić information content (AvgIpc) is 2.68. The number of carbonyl (C=O) groups excluding carboxylic acids is 2. The van der Waals surface area contributed by atoms with E-state index in [-0.39, 0.29) is 16.3 Å². The van der Waals surface area contributed by atoms with Crippen molar-refractivity contribution in [2.45, 2.75) is 18.6 Å². The average molecular weight is 295 g/mol. The predicted molar refractivity (Wildman–Crippen MR) is 75.2 cm³/mol. The number of carbonyl (C=O) groups is 2. The number of anilines is 1. The molecule has 1 aromatic carbocycles. The number of benzene rings is 1. The van der Waals surface area contributed by atoms with Crippen molar-refractivity contribution in [1.82, 2.24) is 0 Å². The Balaban J connectivity index is 2.31. The van der Waals surface area contributed by atoms with Crippen molar-refractivity contribution in [3.8, 4) is 6.07 Å². The Bertz CT molecular complexity index is 582. The summed E-state index contributed by atoms with van der Waals surface area (Å²) >= 11 is 7.24. The van der Waals surface area contributed by atoms with Gasteiger partial charge in [-0.1, -0.05) is 29.4 Å². The van der Waals surface area contributed by atoms with Crippen LogP contribution in [0.15, 0.2) is 18.2 Å². The zero-order valence-corrected chi connectivity index (χ0v) is 11.8. The minimum atomic E-state index is -0.108. The van der Waals surface area contributed by atoms with Crippen LogP contribution in [0.1, 0.15) is 18.9 Å². The zero-order chi connectivity index (χ0) is 14.0. The van der Waals surface area contributed by atoms with Crippen LogP contribution in [0.5, 0.6) is 0 Å². The van der Waals surface area contributed by atoms with Gasteiger partial charge in [0.1, 0.15) is 6.07 Å². The molecule has 1 amide bonds. The summed E-state index contributed by atoms with van der Waals surface area (Å²) in [6.45, 7) is 1.88. The molecule has 1 atom stereocenters. The lowest BCUT2D eigenvalue weighted by molar-refractivity contribution is -0.117. The number of para-hydroxylation sites is 1. The van der Waals surface area contributed by atoms with E-state index in [0.717, 1.165) is 11.8 Å². The second-order valence-electron chi connectivity index (χ2n) is 4.19. The number of thioether (sulfide) groups is 1. The lowest BCUT2D eigenvalue weighted by Crippen LogP contribution is -2.26. The molecule has 0 aromatic heterocycles. The van der Waals surface area contributed by atoms with Gasteiger partial charge in [0.15, 0.2) is 5.12 Å². The van der Waals surface area contributed by atoms with Gasteiger partial charge in [0.2, 0.25) is 5.91 Å². The van der Waals surface area contributed by atoms with Gasteiger partial charge < -0.3 is 4.90 Å². The summed E-state index contributed by atoms with van der Waals surface area (Å²) < 4.78 is 0. The second-order valence-corrected chi connectivity index (χ2v) is 6.07. The Morgan fingerprint density at radius 2 is 2.32 bits per heavy atom. The molecular weight excluding hydrogens is 284 g/mol. The van der Waals surface area contributed by atoms with Crippen molar-refractivity contribution in [3.05, 3.63) is 28.8 Å². The summed E-state index contributed by atoms with van der Waals surface area (Å²) in [7, 11) is 0. The van der Waals surface area contributed by atoms with E-state index in [4.69, 9.17) is 16.9 Å². The molecule has 98 valence electrons. The van der Waals surface area contributed by atoms with Gasteiger partial charge in [-0.2, -0.15) is 5.26 Å². The van der Waals surface area contributed by atoms with Crippen LogP contribution in [-0.4, -0.2) is 22.8 Å². The van der Waals surface area contributed by atoms with E-state index in [9.17, 15) is 9.59 Å². The van der Waals surface area contributed by atoms with Gasteiger partial charge in [0, 0.05) is 25.1 Å². The topological polar surface area (TPSA) is 61.2 Å². The van der Waals surface area contributed by atoms with E-state index in [1.165, 1.54) is 11.8 Å². The Morgan fingerprint density at radius 3 is 2.95 bits per heavy atom. The number of hydrogen-bond donors (Lipinski definition) is 0. The number of hydrogen-bond acceptors (Lipinski definition) is 4. The fourth-order valence-corrected chi connectivity index (χ4v) is 3.28. The largest absolute Gasteiger partial charge is 0.309 e.